The number of hydrogen-bond acceptors (Lipinski definition) is 3. The van der Waals surface area contributed by atoms with Crippen molar-refractivity contribution in [2.75, 3.05) is 26.2 Å². The molecule has 0 radical (unpaired) electrons. The number of aromatic nitrogens is 2. The highest BCUT2D eigenvalue weighted by Crippen LogP contribution is 2.17. The molecule has 1 aliphatic rings. The molecule has 1 amide bonds. The fourth-order valence-corrected chi connectivity index (χ4v) is 3.96. The van der Waals surface area contributed by atoms with E-state index in [4.69, 9.17) is 5.41 Å². The minimum atomic E-state index is 0.0845. The smallest absolute Gasteiger partial charge is 0.253 e. The second-order valence-corrected chi connectivity index (χ2v) is 7.42. The third-order valence-corrected chi connectivity index (χ3v) is 5.71. The van der Waals surface area contributed by atoms with Gasteiger partial charge in [-0.1, -0.05) is 26.0 Å². The number of piperazine rings is 1. The molecule has 0 aliphatic carbocycles. The lowest BCUT2D eigenvalue weighted by Crippen LogP contribution is -2.50. The summed E-state index contributed by atoms with van der Waals surface area (Å²) < 4.78 is 1.79. The van der Waals surface area contributed by atoms with Crippen molar-refractivity contribution in [1.29, 1.82) is 5.41 Å². The average molecular weight is 390 g/mol. The maximum Gasteiger partial charge on any atom is 0.253 e. The number of aryl methyl sites for hydroxylation is 2. The molecule has 0 saturated carbocycles. The predicted molar refractivity (Wildman–Crippen MR) is 115 cm³/mol. The summed E-state index contributed by atoms with van der Waals surface area (Å²) in [5.74, 6) is 0.502. The third-order valence-electron chi connectivity index (χ3n) is 5.71. The van der Waals surface area contributed by atoms with Crippen LogP contribution in [0.15, 0.2) is 48.7 Å². The first-order valence-electron chi connectivity index (χ1n) is 10.3. The van der Waals surface area contributed by atoms with Crippen molar-refractivity contribution < 1.29 is 4.79 Å². The SMILES string of the molecule is CCc1ccc(C(=O)N2CCN(C(=N)c3cc4ccccn4n3)CC2)cc1CC. The summed E-state index contributed by atoms with van der Waals surface area (Å²) in [5.41, 5.74) is 4.98. The van der Waals surface area contributed by atoms with Crippen molar-refractivity contribution in [2.45, 2.75) is 26.7 Å². The molecule has 1 aromatic carbocycles. The summed E-state index contributed by atoms with van der Waals surface area (Å²) in [6.45, 7) is 6.80. The van der Waals surface area contributed by atoms with E-state index >= 15 is 0 Å². The Kier molecular flexibility index (Phi) is 5.34. The highest BCUT2D eigenvalue weighted by molar-refractivity contribution is 5.97. The number of amidine groups is 1. The molecular weight excluding hydrogens is 362 g/mol. The highest BCUT2D eigenvalue weighted by Gasteiger charge is 2.25. The molecule has 1 saturated heterocycles. The topological polar surface area (TPSA) is 64.7 Å². The van der Waals surface area contributed by atoms with Crippen LogP contribution in [-0.2, 0) is 12.8 Å². The van der Waals surface area contributed by atoms with E-state index < -0.39 is 0 Å². The second-order valence-electron chi connectivity index (χ2n) is 7.42. The molecule has 2 aromatic heterocycles. The summed E-state index contributed by atoms with van der Waals surface area (Å²) in [6.07, 6.45) is 3.81. The monoisotopic (exact) mass is 389 g/mol. The summed E-state index contributed by atoms with van der Waals surface area (Å²) in [4.78, 5) is 16.9. The molecule has 1 fully saturated rings. The van der Waals surface area contributed by atoms with Crippen molar-refractivity contribution in [1.82, 2.24) is 19.4 Å². The minimum absolute atomic E-state index is 0.0845. The Balaban J connectivity index is 1.42. The minimum Gasteiger partial charge on any atom is -0.352 e. The molecule has 4 rings (SSSR count). The van der Waals surface area contributed by atoms with Crippen LogP contribution in [0.5, 0.6) is 0 Å². The van der Waals surface area contributed by atoms with Crippen LogP contribution >= 0.6 is 0 Å². The van der Waals surface area contributed by atoms with Crippen molar-refractivity contribution in [2.24, 2.45) is 0 Å². The first-order chi connectivity index (χ1) is 14.1. The lowest BCUT2D eigenvalue weighted by Gasteiger charge is -2.35. The lowest BCUT2D eigenvalue weighted by atomic mass is 9.99. The van der Waals surface area contributed by atoms with Gasteiger partial charge < -0.3 is 9.80 Å². The van der Waals surface area contributed by atoms with Gasteiger partial charge in [0.1, 0.15) is 11.5 Å². The summed E-state index contributed by atoms with van der Waals surface area (Å²) >= 11 is 0. The number of fused-ring (bicyclic) bond motifs is 1. The van der Waals surface area contributed by atoms with E-state index in [0.29, 0.717) is 37.7 Å². The zero-order valence-electron chi connectivity index (χ0n) is 17.1. The van der Waals surface area contributed by atoms with Gasteiger partial charge in [0, 0.05) is 37.9 Å². The fraction of sp³-hybridized carbons (Fsp3) is 0.348. The van der Waals surface area contributed by atoms with Gasteiger partial charge in [0.05, 0.1) is 5.52 Å². The normalized spacial score (nSPS) is 14.4. The summed E-state index contributed by atoms with van der Waals surface area (Å²) in [7, 11) is 0. The van der Waals surface area contributed by atoms with Gasteiger partial charge in [-0.25, -0.2) is 4.52 Å². The second kappa shape index (κ2) is 8.07. The Labute approximate surface area is 171 Å². The van der Waals surface area contributed by atoms with Gasteiger partial charge in [0.25, 0.3) is 5.91 Å². The molecular formula is C23H27N5O. The van der Waals surface area contributed by atoms with Crippen molar-refractivity contribution in [3.05, 3.63) is 71.0 Å². The molecule has 1 N–H and O–H groups in total. The number of nitrogens with zero attached hydrogens (tertiary/aromatic N) is 4. The van der Waals surface area contributed by atoms with E-state index in [1.807, 2.05) is 52.4 Å². The van der Waals surface area contributed by atoms with Crippen LogP contribution in [0.2, 0.25) is 0 Å². The number of benzene rings is 1. The van der Waals surface area contributed by atoms with Crippen LogP contribution in [0.4, 0.5) is 0 Å². The Hall–Kier alpha value is -3.15. The molecule has 0 bridgehead atoms. The maximum absolute atomic E-state index is 13.0. The molecule has 0 spiro atoms. The zero-order valence-corrected chi connectivity index (χ0v) is 17.1. The van der Waals surface area contributed by atoms with Gasteiger partial charge in [-0.2, -0.15) is 5.10 Å². The Morgan fingerprint density at radius 3 is 2.38 bits per heavy atom. The number of pyridine rings is 1. The van der Waals surface area contributed by atoms with E-state index in [0.717, 1.165) is 23.9 Å². The van der Waals surface area contributed by atoms with Crippen LogP contribution in [0.1, 0.15) is 41.0 Å². The molecule has 150 valence electrons. The molecule has 29 heavy (non-hydrogen) atoms. The van der Waals surface area contributed by atoms with Gasteiger partial charge >= 0.3 is 0 Å². The number of rotatable bonds is 4. The van der Waals surface area contributed by atoms with E-state index in [1.54, 1.807) is 4.52 Å². The molecule has 1 aliphatic heterocycles. The van der Waals surface area contributed by atoms with E-state index in [2.05, 4.69) is 25.0 Å². The average Bonchev–Trinajstić information content (AvgIpc) is 3.22. The number of carbonyl (C=O) groups excluding carboxylic acids is 1. The highest BCUT2D eigenvalue weighted by atomic mass is 16.2. The number of amides is 1. The van der Waals surface area contributed by atoms with Crippen molar-refractivity contribution in [3.63, 3.8) is 0 Å². The van der Waals surface area contributed by atoms with Crippen LogP contribution in [0.25, 0.3) is 5.52 Å². The predicted octanol–water partition coefficient (Wildman–Crippen LogP) is 3.24. The van der Waals surface area contributed by atoms with Gasteiger partial charge in [0.2, 0.25) is 0 Å². The number of nitrogens with one attached hydrogen (secondary N) is 1. The van der Waals surface area contributed by atoms with E-state index in [9.17, 15) is 4.79 Å². The van der Waals surface area contributed by atoms with Crippen LogP contribution in [0.3, 0.4) is 0 Å². The fourth-order valence-electron chi connectivity index (χ4n) is 3.96. The summed E-state index contributed by atoms with van der Waals surface area (Å²) in [6, 6.07) is 13.9. The van der Waals surface area contributed by atoms with E-state index in [1.165, 1.54) is 11.1 Å². The Bertz CT molecular complexity index is 1010. The van der Waals surface area contributed by atoms with Crippen molar-refractivity contribution in [3.8, 4) is 0 Å². The number of hydrogen-bond donors (Lipinski definition) is 1. The van der Waals surface area contributed by atoms with Gasteiger partial charge in [-0.3, -0.25) is 10.2 Å². The molecule has 3 heterocycles. The van der Waals surface area contributed by atoms with E-state index in [-0.39, 0.29) is 5.91 Å². The van der Waals surface area contributed by atoms with Gasteiger partial charge in [-0.05, 0) is 54.3 Å². The zero-order chi connectivity index (χ0) is 20.4. The number of carbonyl (C=O) groups is 1. The quantitative estimate of drug-likeness (QED) is 0.550. The standard InChI is InChI=1S/C23H27N5O/c1-3-17-8-9-19(15-18(17)4-2)23(29)27-13-11-26(12-14-27)22(24)21-16-20-7-5-6-10-28(20)25-21/h5-10,15-16,24H,3-4,11-14H2,1-2H3. The Morgan fingerprint density at radius 2 is 1.69 bits per heavy atom. The molecule has 0 unspecified atom stereocenters. The molecule has 3 aromatic rings. The van der Waals surface area contributed by atoms with Crippen LogP contribution in [0, 0.1) is 5.41 Å². The third kappa shape index (κ3) is 3.75. The van der Waals surface area contributed by atoms with Crippen LogP contribution in [-0.4, -0.2) is 57.3 Å². The largest absolute Gasteiger partial charge is 0.352 e. The molecule has 0 atom stereocenters. The Morgan fingerprint density at radius 1 is 0.966 bits per heavy atom. The summed E-state index contributed by atoms with van der Waals surface area (Å²) in [5, 5.41) is 13.0. The maximum atomic E-state index is 13.0. The van der Waals surface area contributed by atoms with Crippen LogP contribution < -0.4 is 0 Å². The van der Waals surface area contributed by atoms with Crippen molar-refractivity contribution >= 4 is 17.3 Å². The first-order valence-corrected chi connectivity index (χ1v) is 10.3. The van der Waals surface area contributed by atoms with Gasteiger partial charge in [0.15, 0.2) is 0 Å². The van der Waals surface area contributed by atoms with Gasteiger partial charge in [-0.15, -0.1) is 0 Å². The first kappa shape index (κ1) is 19.2. The molecule has 6 heteroatoms. The lowest BCUT2D eigenvalue weighted by molar-refractivity contribution is 0.0691. The molecule has 6 nitrogen and oxygen atoms in total.